The lowest BCUT2D eigenvalue weighted by molar-refractivity contribution is -0.132. The smallest absolute Gasteiger partial charge is 0.244 e. The zero-order valence-electron chi connectivity index (χ0n) is 4.69. The first kappa shape index (κ1) is 6.55. The van der Waals surface area contributed by atoms with Crippen LogP contribution in [0, 0.1) is 0 Å². The van der Waals surface area contributed by atoms with Crippen molar-refractivity contribution in [3.05, 3.63) is 0 Å². The number of nitrogens with one attached hydrogen (secondary N) is 1. The van der Waals surface area contributed by atoms with Gasteiger partial charge in [0, 0.05) is 6.42 Å². The first-order valence-corrected chi connectivity index (χ1v) is 3.11. The van der Waals surface area contributed by atoms with Gasteiger partial charge in [-0.25, -0.2) is 0 Å². The number of carbonyl (C=O) groups is 2. The molecule has 0 spiro atoms. The number of rotatable bonds is 0. The van der Waals surface area contributed by atoms with Crippen molar-refractivity contribution in [1.82, 2.24) is 5.32 Å². The van der Waals surface area contributed by atoms with E-state index in [2.05, 4.69) is 5.32 Å². The highest BCUT2D eigenvalue weighted by atomic mass is 35.5. The molecule has 1 heterocycles. The first-order chi connectivity index (χ1) is 4.20. The van der Waals surface area contributed by atoms with E-state index in [4.69, 9.17) is 11.6 Å². The van der Waals surface area contributed by atoms with Crippen molar-refractivity contribution in [3.8, 4) is 0 Å². The Morgan fingerprint density at radius 1 is 1.56 bits per heavy atom. The lowest BCUT2D eigenvalue weighted by Crippen LogP contribution is -2.41. The van der Waals surface area contributed by atoms with Crippen molar-refractivity contribution in [2.75, 3.05) is 0 Å². The summed E-state index contributed by atoms with van der Waals surface area (Å²) in [5, 5.41) is 1.61. The second-order valence-corrected chi connectivity index (χ2v) is 2.45. The lowest BCUT2D eigenvalue weighted by Gasteiger charge is -2.13. The minimum absolute atomic E-state index is 0.225. The molecule has 1 N–H and O–H groups in total. The summed E-state index contributed by atoms with van der Waals surface area (Å²) in [5.41, 5.74) is 0. The van der Waals surface area contributed by atoms with Crippen LogP contribution in [0.3, 0.4) is 0 Å². The van der Waals surface area contributed by atoms with Gasteiger partial charge in [0.15, 0.2) is 0 Å². The van der Waals surface area contributed by atoms with Gasteiger partial charge in [-0.05, 0) is 6.42 Å². The standard InChI is InChI=1S/C5H6ClNO2/c6-3-1-2-4(8)7-5(3)9/h3H,1-2H2,(H,7,8,9). The highest BCUT2D eigenvalue weighted by Gasteiger charge is 2.23. The van der Waals surface area contributed by atoms with Crippen LogP contribution in [0.25, 0.3) is 0 Å². The summed E-state index contributed by atoms with van der Waals surface area (Å²) >= 11 is 5.47. The van der Waals surface area contributed by atoms with Crippen LogP contribution in [0.2, 0.25) is 0 Å². The van der Waals surface area contributed by atoms with Crippen LogP contribution >= 0.6 is 11.6 Å². The number of hydrogen-bond donors (Lipinski definition) is 1. The van der Waals surface area contributed by atoms with Crippen molar-refractivity contribution in [2.24, 2.45) is 0 Å². The second kappa shape index (κ2) is 2.35. The molecule has 1 fully saturated rings. The molecule has 1 aliphatic rings. The molecule has 0 saturated carbocycles. The van der Waals surface area contributed by atoms with Crippen LogP contribution < -0.4 is 5.32 Å². The molecule has 0 aromatic heterocycles. The molecule has 1 saturated heterocycles. The third-order valence-electron chi connectivity index (χ3n) is 1.17. The van der Waals surface area contributed by atoms with Crippen molar-refractivity contribution in [1.29, 1.82) is 0 Å². The van der Waals surface area contributed by atoms with Crippen molar-refractivity contribution in [3.63, 3.8) is 0 Å². The lowest BCUT2D eigenvalue weighted by atomic mass is 10.1. The van der Waals surface area contributed by atoms with Gasteiger partial charge < -0.3 is 0 Å². The van der Waals surface area contributed by atoms with E-state index in [1.807, 2.05) is 0 Å². The largest absolute Gasteiger partial charge is 0.295 e. The van der Waals surface area contributed by atoms with Crippen LogP contribution in [0.1, 0.15) is 12.8 Å². The Hall–Kier alpha value is -0.570. The normalized spacial score (nSPS) is 27.9. The molecule has 0 bridgehead atoms. The van der Waals surface area contributed by atoms with E-state index >= 15 is 0 Å². The number of imide groups is 1. The summed E-state index contributed by atoms with van der Waals surface area (Å²) in [4.78, 5) is 21.0. The average Bonchev–Trinajstić information content (AvgIpc) is 1.80. The van der Waals surface area contributed by atoms with Gasteiger partial charge in [0.25, 0.3) is 0 Å². The summed E-state index contributed by atoms with van der Waals surface area (Å²) in [7, 11) is 0. The fourth-order valence-corrected chi connectivity index (χ4v) is 0.831. The molecule has 1 atom stereocenters. The van der Waals surface area contributed by atoms with Crippen LogP contribution in [-0.2, 0) is 9.59 Å². The Kier molecular flexibility index (Phi) is 1.71. The zero-order valence-corrected chi connectivity index (χ0v) is 5.44. The van der Waals surface area contributed by atoms with E-state index in [0.717, 1.165) is 0 Å². The Bertz CT molecular complexity index is 157. The molecular formula is C5H6ClNO2. The van der Waals surface area contributed by atoms with Gasteiger partial charge in [0.2, 0.25) is 11.8 Å². The van der Waals surface area contributed by atoms with Gasteiger partial charge in [-0.15, -0.1) is 11.6 Å². The number of piperidine rings is 1. The SMILES string of the molecule is O=C1CCC(Cl)C(=O)N1. The van der Waals surface area contributed by atoms with Crippen LogP contribution in [0.4, 0.5) is 0 Å². The molecule has 0 radical (unpaired) electrons. The third kappa shape index (κ3) is 1.42. The minimum Gasteiger partial charge on any atom is -0.295 e. The number of amides is 2. The second-order valence-electron chi connectivity index (χ2n) is 1.92. The molecule has 9 heavy (non-hydrogen) atoms. The van der Waals surface area contributed by atoms with E-state index in [-0.39, 0.29) is 11.8 Å². The number of alkyl halides is 1. The van der Waals surface area contributed by atoms with Gasteiger partial charge >= 0.3 is 0 Å². The minimum atomic E-state index is -0.511. The van der Waals surface area contributed by atoms with Crippen molar-refractivity contribution < 1.29 is 9.59 Å². The number of halogens is 1. The third-order valence-corrected chi connectivity index (χ3v) is 1.59. The van der Waals surface area contributed by atoms with Crippen molar-refractivity contribution >= 4 is 23.4 Å². The summed E-state index contributed by atoms with van der Waals surface area (Å²) in [6.07, 6.45) is 0.826. The molecule has 1 aliphatic heterocycles. The summed E-state index contributed by atoms with van der Waals surface area (Å²) in [6.45, 7) is 0. The Morgan fingerprint density at radius 2 is 2.22 bits per heavy atom. The van der Waals surface area contributed by atoms with Crippen molar-refractivity contribution in [2.45, 2.75) is 18.2 Å². The Balaban J connectivity index is 2.54. The van der Waals surface area contributed by atoms with Gasteiger partial charge in [0.1, 0.15) is 5.38 Å². The fraction of sp³-hybridized carbons (Fsp3) is 0.600. The van der Waals surface area contributed by atoms with Crippen LogP contribution in [0.15, 0.2) is 0 Å². The van der Waals surface area contributed by atoms with E-state index < -0.39 is 5.38 Å². The van der Waals surface area contributed by atoms with E-state index in [1.54, 1.807) is 0 Å². The predicted octanol–water partition coefficient (Wildman–Crippen LogP) is 0.0304. The maximum atomic E-state index is 10.5. The molecule has 2 amide bonds. The summed E-state index contributed by atoms with van der Waals surface area (Å²) in [5.74, 6) is -0.593. The maximum absolute atomic E-state index is 10.5. The molecular weight excluding hydrogens is 142 g/mol. The average molecular weight is 148 g/mol. The van der Waals surface area contributed by atoms with Gasteiger partial charge in [-0.3, -0.25) is 14.9 Å². The topological polar surface area (TPSA) is 46.2 Å². The molecule has 1 unspecified atom stereocenters. The first-order valence-electron chi connectivity index (χ1n) is 2.68. The maximum Gasteiger partial charge on any atom is 0.244 e. The summed E-state index contributed by atoms with van der Waals surface area (Å²) in [6, 6.07) is 0. The highest BCUT2D eigenvalue weighted by molar-refractivity contribution is 6.32. The Morgan fingerprint density at radius 3 is 2.67 bits per heavy atom. The monoisotopic (exact) mass is 147 g/mol. The predicted molar refractivity (Wildman–Crippen MR) is 32.0 cm³/mol. The van der Waals surface area contributed by atoms with Gasteiger partial charge in [-0.1, -0.05) is 0 Å². The molecule has 4 heteroatoms. The molecule has 0 aromatic rings. The van der Waals surface area contributed by atoms with Gasteiger partial charge in [-0.2, -0.15) is 0 Å². The zero-order chi connectivity index (χ0) is 6.85. The highest BCUT2D eigenvalue weighted by Crippen LogP contribution is 2.09. The molecule has 0 aromatic carbocycles. The van der Waals surface area contributed by atoms with Gasteiger partial charge in [0.05, 0.1) is 0 Å². The molecule has 1 rings (SSSR count). The van der Waals surface area contributed by atoms with E-state index in [9.17, 15) is 9.59 Å². The number of carbonyl (C=O) groups excluding carboxylic acids is 2. The molecule has 3 nitrogen and oxygen atoms in total. The fourth-order valence-electron chi connectivity index (χ4n) is 0.667. The summed E-state index contributed by atoms with van der Waals surface area (Å²) < 4.78 is 0. The quantitative estimate of drug-likeness (QED) is 0.388. The number of hydrogen-bond acceptors (Lipinski definition) is 2. The molecule has 0 aliphatic carbocycles. The molecule has 50 valence electrons. The van der Waals surface area contributed by atoms with Crippen LogP contribution in [0.5, 0.6) is 0 Å². The van der Waals surface area contributed by atoms with Crippen LogP contribution in [-0.4, -0.2) is 17.2 Å². The van der Waals surface area contributed by atoms with E-state index in [1.165, 1.54) is 0 Å². The van der Waals surface area contributed by atoms with E-state index in [0.29, 0.717) is 12.8 Å². The Labute approximate surface area is 57.4 Å².